The van der Waals surface area contributed by atoms with Gasteiger partial charge in [0, 0.05) is 41.4 Å². The average Bonchev–Trinajstić information content (AvgIpc) is 3.44. The molecular formula is C23H20ClN5O2S. The molecule has 2 aromatic heterocycles. The summed E-state index contributed by atoms with van der Waals surface area (Å²) < 4.78 is 9.77. The van der Waals surface area contributed by atoms with E-state index in [0.717, 1.165) is 41.3 Å². The average molecular weight is 466 g/mol. The number of nitrogens with one attached hydrogen (secondary N) is 1. The number of aryl methyl sites for hydroxylation is 1. The van der Waals surface area contributed by atoms with Gasteiger partial charge in [-0.2, -0.15) is 0 Å². The quantitative estimate of drug-likeness (QED) is 0.447. The molecule has 2 aromatic carbocycles. The number of thiazole rings is 1. The van der Waals surface area contributed by atoms with Crippen molar-refractivity contribution in [1.29, 1.82) is 0 Å². The van der Waals surface area contributed by atoms with Gasteiger partial charge in [0.05, 0.1) is 23.4 Å². The van der Waals surface area contributed by atoms with Gasteiger partial charge in [-0.1, -0.05) is 17.7 Å². The van der Waals surface area contributed by atoms with Crippen molar-refractivity contribution in [3.8, 4) is 17.0 Å². The van der Waals surface area contributed by atoms with Crippen molar-refractivity contribution in [2.24, 2.45) is 4.99 Å². The van der Waals surface area contributed by atoms with E-state index in [0.29, 0.717) is 16.5 Å². The fraction of sp³-hybridized carbons (Fsp3) is 0.174. The number of ether oxygens (including phenoxy) is 1. The number of amides is 1. The Kier molecular flexibility index (Phi) is 5.79. The minimum atomic E-state index is -0.148. The van der Waals surface area contributed by atoms with E-state index in [1.165, 1.54) is 0 Å². The first kappa shape index (κ1) is 20.5. The second kappa shape index (κ2) is 9.02. The molecule has 0 spiro atoms. The van der Waals surface area contributed by atoms with Gasteiger partial charge in [0.15, 0.2) is 11.4 Å². The summed E-state index contributed by atoms with van der Waals surface area (Å²) in [6.45, 7) is 1.67. The number of rotatable bonds is 6. The Hall–Kier alpha value is -3.36. The van der Waals surface area contributed by atoms with E-state index in [4.69, 9.17) is 21.3 Å². The highest BCUT2D eigenvalue weighted by Gasteiger charge is 2.18. The molecule has 32 heavy (non-hydrogen) atoms. The molecule has 1 amide bonds. The maximum atomic E-state index is 11.8. The SMILES string of the molecule is O=C1COc2ccc(-c3csc(=Nc4cccc(Cl)c4)n3CCCn3ccnc3)cc2N1. The van der Waals surface area contributed by atoms with Crippen LogP contribution in [0.3, 0.4) is 0 Å². The molecule has 7 nitrogen and oxygen atoms in total. The summed E-state index contributed by atoms with van der Waals surface area (Å²) in [5, 5.41) is 5.63. The van der Waals surface area contributed by atoms with Gasteiger partial charge in [-0.3, -0.25) is 4.79 Å². The summed E-state index contributed by atoms with van der Waals surface area (Å²) in [7, 11) is 0. The smallest absolute Gasteiger partial charge is 0.262 e. The van der Waals surface area contributed by atoms with Crippen molar-refractivity contribution in [3.05, 3.63) is 76.4 Å². The van der Waals surface area contributed by atoms with Crippen LogP contribution in [0.25, 0.3) is 11.3 Å². The molecule has 1 aliphatic rings. The van der Waals surface area contributed by atoms with Crippen LogP contribution in [0.5, 0.6) is 5.75 Å². The number of imidazole rings is 1. The zero-order chi connectivity index (χ0) is 21.9. The van der Waals surface area contributed by atoms with Gasteiger partial charge in [-0.05, 0) is 42.8 Å². The topological polar surface area (TPSA) is 73.4 Å². The minimum absolute atomic E-state index is 0.0434. The lowest BCUT2D eigenvalue weighted by Crippen LogP contribution is -2.25. The fourth-order valence-electron chi connectivity index (χ4n) is 3.59. The van der Waals surface area contributed by atoms with Gasteiger partial charge < -0.3 is 19.2 Å². The van der Waals surface area contributed by atoms with Crippen LogP contribution in [0, 0.1) is 0 Å². The van der Waals surface area contributed by atoms with E-state index in [-0.39, 0.29) is 12.5 Å². The first-order valence-electron chi connectivity index (χ1n) is 10.2. The Morgan fingerprint density at radius 2 is 2.16 bits per heavy atom. The van der Waals surface area contributed by atoms with Crippen molar-refractivity contribution in [1.82, 2.24) is 14.1 Å². The van der Waals surface area contributed by atoms with Crippen molar-refractivity contribution in [2.75, 3.05) is 11.9 Å². The Morgan fingerprint density at radius 3 is 3.00 bits per heavy atom. The van der Waals surface area contributed by atoms with Crippen molar-refractivity contribution >= 4 is 40.2 Å². The number of nitrogens with zero attached hydrogens (tertiary/aromatic N) is 4. The normalized spacial score (nSPS) is 13.5. The Bertz CT molecular complexity index is 1330. The highest BCUT2D eigenvalue weighted by Crippen LogP contribution is 2.33. The van der Waals surface area contributed by atoms with Gasteiger partial charge in [0.2, 0.25) is 0 Å². The second-order valence-corrected chi connectivity index (χ2v) is 8.62. The molecule has 1 N–H and O–H groups in total. The largest absolute Gasteiger partial charge is 0.482 e. The third-order valence-electron chi connectivity index (χ3n) is 5.10. The number of halogens is 1. The monoisotopic (exact) mass is 465 g/mol. The van der Waals surface area contributed by atoms with Crippen LogP contribution in [-0.4, -0.2) is 26.6 Å². The van der Waals surface area contributed by atoms with Crippen LogP contribution in [-0.2, 0) is 17.9 Å². The Labute approximate surface area is 193 Å². The summed E-state index contributed by atoms with van der Waals surface area (Å²) in [6.07, 6.45) is 6.48. The van der Waals surface area contributed by atoms with Crippen LogP contribution < -0.4 is 14.9 Å². The fourth-order valence-corrected chi connectivity index (χ4v) is 4.73. The number of anilines is 1. The van der Waals surface area contributed by atoms with Gasteiger partial charge in [0.1, 0.15) is 5.75 Å². The summed E-state index contributed by atoms with van der Waals surface area (Å²) in [4.78, 5) is 21.6. The van der Waals surface area contributed by atoms with Crippen molar-refractivity contribution in [3.63, 3.8) is 0 Å². The zero-order valence-electron chi connectivity index (χ0n) is 17.1. The standard InChI is InChI=1S/C23H20ClN5O2S/c24-17-3-1-4-18(12-17)26-23-29(9-2-8-28-10-7-25-15-28)20(14-32-23)16-5-6-21-19(11-16)27-22(30)13-31-21/h1,3-7,10-12,14-15H,2,8-9,13H2,(H,27,30). The van der Waals surface area contributed by atoms with E-state index in [1.807, 2.05) is 55.0 Å². The summed E-state index contributed by atoms with van der Waals surface area (Å²) >= 11 is 7.73. The zero-order valence-corrected chi connectivity index (χ0v) is 18.6. The van der Waals surface area contributed by atoms with E-state index in [1.54, 1.807) is 17.5 Å². The predicted octanol–water partition coefficient (Wildman–Crippen LogP) is 4.72. The lowest BCUT2D eigenvalue weighted by molar-refractivity contribution is -0.118. The molecule has 0 unspecified atom stereocenters. The van der Waals surface area contributed by atoms with Crippen LogP contribution in [0.4, 0.5) is 11.4 Å². The molecule has 0 fully saturated rings. The van der Waals surface area contributed by atoms with E-state index in [2.05, 4.69) is 24.8 Å². The molecule has 0 aliphatic carbocycles. The lowest BCUT2D eigenvalue weighted by atomic mass is 10.1. The molecule has 3 heterocycles. The molecular weight excluding hydrogens is 446 g/mol. The summed E-state index contributed by atoms with van der Waals surface area (Å²) in [6, 6.07) is 13.4. The number of hydrogen-bond donors (Lipinski definition) is 1. The van der Waals surface area contributed by atoms with E-state index in [9.17, 15) is 4.79 Å². The van der Waals surface area contributed by atoms with E-state index < -0.39 is 0 Å². The summed E-state index contributed by atoms with van der Waals surface area (Å²) in [5.41, 5.74) is 3.51. The molecule has 9 heteroatoms. The lowest BCUT2D eigenvalue weighted by Gasteiger charge is -2.19. The van der Waals surface area contributed by atoms with Crippen molar-refractivity contribution < 1.29 is 9.53 Å². The van der Waals surface area contributed by atoms with Gasteiger partial charge in [-0.15, -0.1) is 11.3 Å². The maximum Gasteiger partial charge on any atom is 0.262 e. The molecule has 4 aromatic rings. The van der Waals surface area contributed by atoms with Crippen molar-refractivity contribution in [2.45, 2.75) is 19.5 Å². The number of hydrogen-bond acceptors (Lipinski definition) is 5. The first-order chi connectivity index (χ1) is 15.7. The van der Waals surface area contributed by atoms with Gasteiger partial charge in [-0.25, -0.2) is 9.98 Å². The molecule has 0 bridgehead atoms. The number of carbonyl (C=O) groups excluding carboxylic acids is 1. The van der Waals surface area contributed by atoms with Crippen LogP contribution in [0.1, 0.15) is 6.42 Å². The number of aromatic nitrogens is 3. The number of carbonyl (C=O) groups is 1. The highest BCUT2D eigenvalue weighted by atomic mass is 35.5. The molecule has 0 saturated heterocycles. The Morgan fingerprint density at radius 1 is 1.22 bits per heavy atom. The number of benzene rings is 2. The second-order valence-electron chi connectivity index (χ2n) is 7.35. The molecule has 1 aliphatic heterocycles. The molecule has 0 saturated carbocycles. The van der Waals surface area contributed by atoms with Crippen LogP contribution >= 0.6 is 22.9 Å². The first-order valence-corrected chi connectivity index (χ1v) is 11.4. The Balaban J connectivity index is 1.52. The van der Waals surface area contributed by atoms with Gasteiger partial charge >= 0.3 is 0 Å². The van der Waals surface area contributed by atoms with Crippen LogP contribution in [0.15, 0.2) is 71.6 Å². The summed E-state index contributed by atoms with van der Waals surface area (Å²) in [5.74, 6) is 0.531. The van der Waals surface area contributed by atoms with Crippen LogP contribution in [0.2, 0.25) is 5.02 Å². The molecule has 0 radical (unpaired) electrons. The molecule has 162 valence electrons. The molecule has 0 atom stereocenters. The number of fused-ring (bicyclic) bond motifs is 1. The predicted molar refractivity (Wildman–Crippen MR) is 125 cm³/mol. The minimum Gasteiger partial charge on any atom is -0.482 e. The third-order valence-corrected chi connectivity index (χ3v) is 6.19. The third kappa shape index (κ3) is 4.46. The van der Waals surface area contributed by atoms with E-state index >= 15 is 0 Å². The highest BCUT2D eigenvalue weighted by molar-refractivity contribution is 7.07. The van der Waals surface area contributed by atoms with Gasteiger partial charge in [0.25, 0.3) is 5.91 Å². The maximum absolute atomic E-state index is 11.8. The molecule has 5 rings (SSSR count).